The lowest BCUT2D eigenvalue weighted by atomic mass is 9.62. The number of nitrogens with one attached hydrogen (secondary N) is 1. The molecule has 11 nitrogen and oxygen atoms in total. The smallest absolute Gasteiger partial charge is 0.271 e. The van der Waals surface area contributed by atoms with E-state index in [2.05, 4.69) is 30.8 Å². The summed E-state index contributed by atoms with van der Waals surface area (Å²) in [7, 11) is 2.00. The average Bonchev–Trinajstić information content (AvgIpc) is 3.40. The van der Waals surface area contributed by atoms with Crippen LogP contribution in [0.2, 0.25) is 0 Å². The van der Waals surface area contributed by atoms with Crippen LogP contribution in [0.25, 0.3) is 5.70 Å². The molecule has 3 heterocycles. The van der Waals surface area contributed by atoms with Crippen molar-refractivity contribution in [2.45, 2.75) is 69.9 Å². The molecule has 5 rings (SSSR count). The highest BCUT2D eigenvalue weighted by Crippen LogP contribution is 2.45. The first-order chi connectivity index (χ1) is 19.7. The number of terminal acetylenes is 1. The molecule has 2 saturated carbocycles. The number of rotatable bonds is 6. The van der Waals surface area contributed by atoms with E-state index < -0.39 is 17.1 Å². The van der Waals surface area contributed by atoms with E-state index in [4.69, 9.17) is 22.6 Å². The van der Waals surface area contributed by atoms with Crippen molar-refractivity contribution in [2.24, 2.45) is 16.1 Å². The van der Waals surface area contributed by atoms with Gasteiger partial charge in [0.15, 0.2) is 23.5 Å². The van der Waals surface area contributed by atoms with Crippen molar-refractivity contribution < 1.29 is 14.3 Å². The summed E-state index contributed by atoms with van der Waals surface area (Å²) in [4.78, 5) is 56.8. The zero-order valence-electron chi connectivity index (χ0n) is 23.2. The molecule has 2 aromatic heterocycles. The van der Waals surface area contributed by atoms with Crippen molar-refractivity contribution in [3.8, 4) is 18.2 Å². The van der Waals surface area contributed by atoms with E-state index in [1.807, 2.05) is 7.05 Å². The number of nitrogen functional groups attached to an aromatic ring is 1. The van der Waals surface area contributed by atoms with Crippen LogP contribution in [-0.2, 0) is 9.59 Å². The van der Waals surface area contributed by atoms with E-state index in [-0.39, 0.29) is 46.5 Å². The van der Waals surface area contributed by atoms with Crippen molar-refractivity contribution in [1.82, 2.24) is 19.9 Å². The van der Waals surface area contributed by atoms with Gasteiger partial charge in [0.25, 0.3) is 5.56 Å². The van der Waals surface area contributed by atoms with Crippen LogP contribution in [-0.4, -0.2) is 63.4 Å². The van der Waals surface area contributed by atoms with Crippen LogP contribution in [0, 0.1) is 17.8 Å². The maximum absolute atomic E-state index is 13.8. The van der Waals surface area contributed by atoms with Gasteiger partial charge in [-0.15, -0.1) is 6.42 Å². The molecule has 3 atom stereocenters. The van der Waals surface area contributed by atoms with E-state index >= 15 is 0 Å². The summed E-state index contributed by atoms with van der Waals surface area (Å²) in [5.41, 5.74) is 11.9. The van der Waals surface area contributed by atoms with Crippen LogP contribution in [0.4, 0.5) is 11.5 Å². The first-order valence-corrected chi connectivity index (χ1v) is 14.0. The van der Waals surface area contributed by atoms with Crippen LogP contribution in [0.5, 0.6) is 5.88 Å². The Balaban J connectivity index is 1.55. The Morgan fingerprint density at radius 2 is 2.05 bits per heavy atom. The molecule has 1 spiro atoms. The highest BCUT2D eigenvalue weighted by Gasteiger charge is 2.49. The number of Topliss-reactive ketones (excluding diaryl/α,β-unsaturated/α-hetero) is 2. The lowest BCUT2D eigenvalue weighted by Gasteiger charge is -2.38. The Morgan fingerprint density at radius 3 is 2.78 bits per heavy atom. The average molecular weight is 558 g/mol. The van der Waals surface area contributed by atoms with Crippen molar-refractivity contribution in [2.75, 3.05) is 19.3 Å². The van der Waals surface area contributed by atoms with Gasteiger partial charge in [-0.2, -0.15) is 4.98 Å². The third kappa shape index (κ3) is 5.52. The van der Waals surface area contributed by atoms with Crippen molar-refractivity contribution in [3.63, 3.8) is 0 Å². The van der Waals surface area contributed by atoms with Crippen LogP contribution in [0.1, 0.15) is 69.2 Å². The standard InChI is InChI=1S/C30H35N7O4/c1-3-21(20-9-7-15-37(20)2)41-24-16-23(34-17-18-11-14-33-29(40)25(18)31)35-28(36-24)26(32)19-8-6-13-30(27(19)39)12-5-4-10-22(30)38/h1,11,14,16-17,20-21H,4-10,12-13,15,31-32H2,2H3,(H,33,40)/b26-19-,34-17+/t20-,21-,30+/m0/s1. The lowest BCUT2D eigenvalue weighted by molar-refractivity contribution is -0.143. The Labute approximate surface area is 238 Å². The van der Waals surface area contributed by atoms with Crippen LogP contribution < -0.4 is 21.8 Å². The maximum atomic E-state index is 13.8. The number of ketones is 2. The van der Waals surface area contributed by atoms with Gasteiger partial charge in [0.1, 0.15) is 11.5 Å². The molecule has 41 heavy (non-hydrogen) atoms. The molecule has 3 aliphatic rings. The summed E-state index contributed by atoms with van der Waals surface area (Å²) < 4.78 is 6.19. The largest absolute Gasteiger partial charge is 0.459 e. The number of H-pyrrole nitrogens is 1. The number of pyridine rings is 1. The first kappa shape index (κ1) is 28.2. The number of aromatic nitrogens is 3. The Hall–Kier alpha value is -4.30. The summed E-state index contributed by atoms with van der Waals surface area (Å²) in [5.74, 6) is 2.89. The van der Waals surface area contributed by atoms with Gasteiger partial charge in [-0.25, -0.2) is 9.98 Å². The molecule has 0 unspecified atom stereocenters. The van der Waals surface area contributed by atoms with E-state index in [0.717, 1.165) is 32.2 Å². The topological polar surface area (TPSA) is 170 Å². The number of anilines is 1. The molecule has 1 saturated heterocycles. The normalized spacial score (nSPS) is 25.4. The molecule has 5 N–H and O–H groups in total. The predicted octanol–water partition coefficient (Wildman–Crippen LogP) is 2.52. The minimum atomic E-state index is -1.01. The molecule has 2 aliphatic carbocycles. The highest BCUT2D eigenvalue weighted by atomic mass is 16.5. The fraction of sp³-hybridized carbons (Fsp3) is 0.467. The Morgan fingerprint density at radius 1 is 1.24 bits per heavy atom. The maximum Gasteiger partial charge on any atom is 0.271 e. The summed E-state index contributed by atoms with van der Waals surface area (Å²) in [6.45, 7) is 0.913. The second-order valence-corrected chi connectivity index (χ2v) is 11.0. The van der Waals surface area contributed by atoms with Crippen molar-refractivity contribution >= 4 is 35.0 Å². The fourth-order valence-electron chi connectivity index (χ4n) is 6.16. The molecule has 0 aromatic carbocycles. The second-order valence-electron chi connectivity index (χ2n) is 11.0. The number of aliphatic imine (C=N–C) groups is 1. The van der Waals surface area contributed by atoms with Gasteiger partial charge < -0.3 is 21.2 Å². The molecule has 2 aromatic rings. The first-order valence-electron chi connectivity index (χ1n) is 14.0. The van der Waals surface area contributed by atoms with E-state index in [1.165, 1.54) is 18.5 Å². The summed E-state index contributed by atoms with van der Waals surface area (Å²) in [6, 6.07) is 3.14. The zero-order chi connectivity index (χ0) is 29.1. The van der Waals surface area contributed by atoms with Gasteiger partial charge in [0, 0.05) is 36.0 Å². The van der Waals surface area contributed by atoms with Crippen LogP contribution in [0.15, 0.2) is 33.7 Å². The number of nitrogens with two attached hydrogens (primary N) is 2. The van der Waals surface area contributed by atoms with E-state index in [9.17, 15) is 14.4 Å². The van der Waals surface area contributed by atoms with Gasteiger partial charge in [0.2, 0.25) is 5.88 Å². The molecular formula is C30H35N7O4. The Bertz CT molecular complexity index is 1520. The van der Waals surface area contributed by atoms with Gasteiger partial charge in [-0.1, -0.05) is 12.3 Å². The SMILES string of the molecule is C#C[C@H](Oc1cc(/N=C/c2cc[nH]c(=O)c2N)nc(/C(N)=C2\CCC[C@@]3(CCCCC3=O)C2=O)n1)[C@@H]1CCCN1C. The van der Waals surface area contributed by atoms with Gasteiger partial charge in [-0.3, -0.25) is 19.3 Å². The second kappa shape index (κ2) is 11.7. The molecule has 3 fully saturated rings. The molecule has 1 aliphatic heterocycles. The van der Waals surface area contributed by atoms with Crippen molar-refractivity contribution in [1.29, 1.82) is 0 Å². The molecule has 0 amide bonds. The molecule has 214 valence electrons. The molecule has 0 radical (unpaired) electrons. The quantitative estimate of drug-likeness (QED) is 0.209. The zero-order valence-corrected chi connectivity index (χ0v) is 23.2. The number of allylic oxidation sites excluding steroid dienone is 1. The summed E-state index contributed by atoms with van der Waals surface area (Å²) in [5, 5.41) is 0. The fourth-order valence-corrected chi connectivity index (χ4v) is 6.16. The highest BCUT2D eigenvalue weighted by molar-refractivity contribution is 6.17. The molecule has 11 heteroatoms. The molecule has 0 bridgehead atoms. The number of likely N-dealkylation sites (N-methyl/N-ethyl adjacent to an activating group) is 1. The number of ether oxygens (including phenoxy) is 1. The van der Waals surface area contributed by atoms with Crippen molar-refractivity contribution in [3.05, 3.63) is 45.6 Å². The van der Waals surface area contributed by atoms with Crippen LogP contribution >= 0.6 is 0 Å². The number of carbonyl (C=O) groups is 2. The molecular weight excluding hydrogens is 522 g/mol. The van der Waals surface area contributed by atoms with Gasteiger partial charge in [0.05, 0.1) is 17.2 Å². The van der Waals surface area contributed by atoms with E-state index in [1.54, 1.807) is 6.07 Å². The minimum Gasteiger partial charge on any atom is -0.459 e. The van der Waals surface area contributed by atoms with Crippen LogP contribution in [0.3, 0.4) is 0 Å². The van der Waals surface area contributed by atoms with Gasteiger partial charge >= 0.3 is 0 Å². The number of hydrogen-bond donors (Lipinski definition) is 3. The number of nitrogens with zero attached hydrogens (tertiary/aromatic N) is 4. The summed E-state index contributed by atoms with van der Waals surface area (Å²) >= 11 is 0. The third-order valence-corrected chi connectivity index (χ3v) is 8.49. The summed E-state index contributed by atoms with van der Waals surface area (Å²) in [6.07, 6.45) is 14.3. The van der Waals surface area contributed by atoms with Gasteiger partial charge in [-0.05, 0) is 64.6 Å². The lowest BCUT2D eigenvalue weighted by Crippen LogP contribution is -2.45. The number of carbonyl (C=O) groups excluding carboxylic acids is 2. The number of hydrogen-bond acceptors (Lipinski definition) is 10. The number of likely N-dealkylation sites (tertiary alicyclic amines) is 1. The monoisotopic (exact) mass is 557 g/mol. The van der Waals surface area contributed by atoms with E-state index in [0.29, 0.717) is 43.2 Å². The predicted molar refractivity (Wildman–Crippen MR) is 156 cm³/mol. The Kier molecular flexibility index (Phi) is 8.03. The minimum absolute atomic E-state index is 0.00461. The number of aromatic amines is 1. The third-order valence-electron chi connectivity index (χ3n) is 8.49.